The van der Waals surface area contributed by atoms with Crippen molar-refractivity contribution < 1.29 is 14.7 Å². The van der Waals surface area contributed by atoms with Gasteiger partial charge in [0.2, 0.25) is 5.91 Å². The molecule has 0 saturated carbocycles. The molecule has 2 atom stereocenters. The van der Waals surface area contributed by atoms with Crippen LogP contribution < -0.4 is 4.90 Å². The lowest BCUT2D eigenvalue weighted by atomic mass is 9.98. The molecule has 0 spiro atoms. The maximum Gasteiger partial charge on any atom is 0.304 e. The molecule has 1 heterocycles. The fourth-order valence-electron chi connectivity index (χ4n) is 3.32. The van der Waals surface area contributed by atoms with E-state index >= 15 is 0 Å². The van der Waals surface area contributed by atoms with Crippen molar-refractivity contribution in [1.29, 1.82) is 0 Å². The topological polar surface area (TPSA) is 57.6 Å². The first-order chi connectivity index (χ1) is 10.1. The lowest BCUT2D eigenvalue weighted by Gasteiger charge is -2.19. The molecule has 21 heavy (non-hydrogen) atoms. The van der Waals surface area contributed by atoms with Crippen molar-refractivity contribution in [2.45, 2.75) is 31.6 Å². The van der Waals surface area contributed by atoms with Crippen molar-refractivity contribution in [2.75, 3.05) is 11.4 Å². The molecule has 1 amide bonds. The van der Waals surface area contributed by atoms with E-state index in [1.54, 1.807) is 4.90 Å². The average Bonchev–Trinajstić information content (AvgIpc) is 3.07. The molecule has 0 radical (unpaired) electrons. The van der Waals surface area contributed by atoms with Crippen molar-refractivity contribution in [2.24, 2.45) is 5.92 Å². The maximum atomic E-state index is 12.5. The van der Waals surface area contributed by atoms with Gasteiger partial charge in [0.15, 0.2) is 0 Å². The molecule has 1 aromatic carbocycles. The van der Waals surface area contributed by atoms with Crippen molar-refractivity contribution >= 4 is 17.6 Å². The third kappa shape index (κ3) is 2.84. The zero-order valence-corrected chi connectivity index (χ0v) is 11.9. The molecule has 1 aliphatic carbocycles. The number of amides is 1. The van der Waals surface area contributed by atoms with Crippen LogP contribution in [0.3, 0.4) is 0 Å². The molecule has 2 aliphatic rings. The normalized spacial score (nSPS) is 23.3. The third-order valence-electron chi connectivity index (χ3n) is 4.34. The number of benzene rings is 1. The van der Waals surface area contributed by atoms with Crippen molar-refractivity contribution in [3.63, 3.8) is 0 Å². The van der Waals surface area contributed by atoms with Gasteiger partial charge in [0.25, 0.3) is 0 Å². The minimum atomic E-state index is -0.817. The standard InChI is InChI=1S/C17H19NO3/c19-16(9-12-5-1-2-6-12)18-11-13(10-17(20)21)14-7-3-4-8-15(14)18/h1,3-5,7-8,12-13H,2,6,9-11H2,(H,20,21). The number of para-hydroxylation sites is 1. The smallest absolute Gasteiger partial charge is 0.304 e. The van der Waals surface area contributed by atoms with Gasteiger partial charge < -0.3 is 10.0 Å². The van der Waals surface area contributed by atoms with Crippen LogP contribution in [0.1, 0.15) is 37.2 Å². The Labute approximate surface area is 124 Å². The first-order valence-electron chi connectivity index (χ1n) is 7.43. The van der Waals surface area contributed by atoms with Gasteiger partial charge in [-0.15, -0.1) is 0 Å². The number of carbonyl (C=O) groups excluding carboxylic acids is 1. The Balaban J connectivity index is 1.78. The highest BCUT2D eigenvalue weighted by Crippen LogP contribution is 2.38. The number of carboxylic acid groups (broad SMARTS) is 1. The quantitative estimate of drug-likeness (QED) is 0.865. The molecule has 0 aromatic heterocycles. The fraction of sp³-hybridized carbons (Fsp3) is 0.412. The number of fused-ring (bicyclic) bond motifs is 1. The maximum absolute atomic E-state index is 12.5. The summed E-state index contributed by atoms with van der Waals surface area (Å²) in [6.07, 6.45) is 6.93. The summed E-state index contributed by atoms with van der Waals surface area (Å²) in [5, 5.41) is 9.04. The zero-order valence-electron chi connectivity index (χ0n) is 11.9. The summed E-state index contributed by atoms with van der Waals surface area (Å²) in [6.45, 7) is 0.487. The lowest BCUT2D eigenvalue weighted by Crippen LogP contribution is -2.31. The Morgan fingerprint density at radius 3 is 2.76 bits per heavy atom. The highest BCUT2D eigenvalue weighted by molar-refractivity contribution is 5.96. The second-order valence-corrected chi connectivity index (χ2v) is 5.83. The van der Waals surface area contributed by atoms with E-state index < -0.39 is 5.97 Å². The Kier molecular flexibility index (Phi) is 3.78. The lowest BCUT2D eigenvalue weighted by molar-refractivity contribution is -0.137. The predicted molar refractivity (Wildman–Crippen MR) is 80.3 cm³/mol. The summed E-state index contributed by atoms with van der Waals surface area (Å²) in [5.74, 6) is -0.473. The number of nitrogens with zero attached hydrogens (tertiary/aromatic N) is 1. The number of aliphatic carboxylic acids is 1. The van der Waals surface area contributed by atoms with Gasteiger partial charge in [-0.2, -0.15) is 0 Å². The van der Waals surface area contributed by atoms with Crippen LogP contribution in [-0.4, -0.2) is 23.5 Å². The minimum Gasteiger partial charge on any atom is -0.481 e. The van der Waals surface area contributed by atoms with Crippen LogP contribution >= 0.6 is 0 Å². The van der Waals surface area contributed by atoms with Crippen LogP contribution in [-0.2, 0) is 9.59 Å². The molecule has 0 bridgehead atoms. The van der Waals surface area contributed by atoms with Crippen LogP contribution in [0.4, 0.5) is 5.69 Å². The van der Waals surface area contributed by atoms with E-state index in [4.69, 9.17) is 5.11 Å². The van der Waals surface area contributed by atoms with Crippen LogP contribution in [0.15, 0.2) is 36.4 Å². The number of hydrogen-bond donors (Lipinski definition) is 1. The molecule has 0 saturated heterocycles. The molecule has 4 heteroatoms. The van der Waals surface area contributed by atoms with Crippen LogP contribution in [0.5, 0.6) is 0 Å². The van der Waals surface area contributed by atoms with Crippen molar-refractivity contribution in [1.82, 2.24) is 0 Å². The monoisotopic (exact) mass is 285 g/mol. The highest BCUT2D eigenvalue weighted by Gasteiger charge is 2.33. The van der Waals surface area contributed by atoms with Gasteiger partial charge in [-0.3, -0.25) is 9.59 Å². The van der Waals surface area contributed by atoms with Crippen LogP contribution in [0.2, 0.25) is 0 Å². The second kappa shape index (κ2) is 5.72. The highest BCUT2D eigenvalue weighted by atomic mass is 16.4. The molecule has 1 aromatic rings. The number of rotatable bonds is 4. The van der Waals surface area contributed by atoms with E-state index in [0.29, 0.717) is 18.9 Å². The summed E-state index contributed by atoms with van der Waals surface area (Å²) < 4.78 is 0. The Morgan fingerprint density at radius 1 is 1.24 bits per heavy atom. The van der Waals surface area contributed by atoms with Gasteiger partial charge in [0.1, 0.15) is 0 Å². The van der Waals surface area contributed by atoms with Gasteiger partial charge in [-0.05, 0) is 30.4 Å². The van der Waals surface area contributed by atoms with Crippen LogP contribution in [0, 0.1) is 5.92 Å². The third-order valence-corrected chi connectivity index (χ3v) is 4.34. The number of hydrogen-bond acceptors (Lipinski definition) is 2. The summed E-state index contributed by atoms with van der Waals surface area (Å²) >= 11 is 0. The Hall–Kier alpha value is -2.10. The number of carbonyl (C=O) groups is 2. The molecular weight excluding hydrogens is 266 g/mol. The fourth-order valence-corrected chi connectivity index (χ4v) is 3.32. The average molecular weight is 285 g/mol. The van der Waals surface area contributed by atoms with Gasteiger partial charge in [-0.1, -0.05) is 30.4 Å². The number of anilines is 1. The molecule has 1 aliphatic heterocycles. The SMILES string of the molecule is O=C(O)CC1CN(C(=O)CC2C=CCC2)c2ccccc21. The van der Waals surface area contributed by atoms with Crippen molar-refractivity contribution in [3.05, 3.63) is 42.0 Å². The van der Waals surface area contributed by atoms with E-state index in [0.717, 1.165) is 24.1 Å². The summed E-state index contributed by atoms with van der Waals surface area (Å²) in [6, 6.07) is 7.66. The van der Waals surface area contributed by atoms with Gasteiger partial charge in [0.05, 0.1) is 6.42 Å². The van der Waals surface area contributed by atoms with Crippen molar-refractivity contribution in [3.8, 4) is 0 Å². The zero-order chi connectivity index (χ0) is 14.8. The van der Waals surface area contributed by atoms with E-state index in [2.05, 4.69) is 12.2 Å². The van der Waals surface area contributed by atoms with E-state index in [-0.39, 0.29) is 18.2 Å². The number of carboxylic acids is 1. The second-order valence-electron chi connectivity index (χ2n) is 5.83. The van der Waals surface area contributed by atoms with E-state index in [9.17, 15) is 9.59 Å². The summed E-state index contributed by atoms with van der Waals surface area (Å²) in [4.78, 5) is 25.3. The molecule has 4 nitrogen and oxygen atoms in total. The molecule has 110 valence electrons. The van der Waals surface area contributed by atoms with Gasteiger partial charge in [-0.25, -0.2) is 0 Å². The summed E-state index contributed by atoms with van der Waals surface area (Å²) in [7, 11) is 0. The molecule has 2 unspecified atom stereocenters. The minimum absolute atomic E-state index is 0.0735. The molecule has 1 N–H and O–H groups in total. The van der Waals surface area contributed by atoms with E-state index in [1.807, 2.05) is 24.3 Å². The predicted octanol–water partition coefficient (Wildman–Crippen LogP) is 2.95. The van der Waals surface area contributed by atoms with Crippen LogP contribution in [0.25, 0.3) is 0 Å². The van der Waals surface area contributed by atoms with Gasteiger partial charge in [0, 0.05) is 24.6 Å². The van der Waals surface area contributed by atoms with Gasteiger partial charge >= 0.3 is 5.97 Å². The summed E-state index contributed by atoms with van der Waals surface area (Å²) in [5.41, 5.74) is 1.87. The first kappa shape index (κ1) is 13.9. The number of allylic oxidation sites excluding steroid dienone is 2. The molecule has 0 fully saturated rings. The molecular formula is C17H19NO3. The first-order valence-corrected chi connectivity index (χ1v) is 7.43. The molecule has 3 rings (SSSR count). The Morgan fingerprint density at radius 2 is 2.05 bits per heavy atom. The largest absolute Gasteiger partial charge is 0.481 e. The Bertz CT molecular complexity index is 593. The van der Waals surface area contributed by atoms with E-state index in [1.165, 1.54) is 0 Å².